The van der Waals surface area contributed by atoms with Crippen LogP contribution in [0.1, 0.15) is 27.8 Å². The summed E-state index contributed by atoms with van der Waals surface area (Å²) in [5, 5.41) is 3.29. The van der Waals surface area contributed by atoms with Crippen molar-refractivity contribution < 1.29 is 14.3 Å². The number of aryl methyl sites for hydroxylation is 3. The second-order valence-corrected chi connectivity index (χ2v) is 8.42. The van der Waals surface area contributed by atoms with E-state index in [1.165, 1.54) is 4.90 Å². The molecule has 3 aromatic rings. The number of carbonyl (C=O) groups excluding carboxylic acids is 2. The van der Waals surface area contributed by atoms with Crippen LogP contribution in [0.3, 0.4) is 0 Å². The molecule has 0 unspecified atom stereocenters. The molecule has 33 heavy (non-hydrogen) atoms. The van der Waals surface area contributed by atoms with Crippen molar-refractivity contribution in [3.63, 3.8) is 0 Å². The molecule has 3 aromatic carbocycles. The van der Waals surface area contributed by atoms with E-state index in [-0.39, 0.29) is 11.8 Å². The summed E-state index contributed by atoms with van der Waals surface area (Å²) in [5.74, 6) is 0.200. The molecule has 5 heteroatoms. The van der Waals surface area contributed by atoms with Gasteiger partial charge < -0.3 is 10.1 Å². The fourth-order valence-corrected chi connectivity index (χ4v) is 3.92. The highest BCUT2D eigenvalue weighted by atomic mass is 16.5. The number of nitrogens with zero attached hydrogens (tertiary/aromatic N) is 1. The average Bonchev–Trinajstić information content (AvgIpc) is 3.04. The van der Waals surface area contributed by atoms with Gasteiger partial charge in [-0.15, -0.1) is 0 Å². The van der Waals surface area contributed by atoms with Gasteiger partial charge in [0.05, 0.1) is 12.7 Å². The molecule has 0 saturated heterocycles. The van der Waals surface area contributed by atoms with Gasteiger partial charge in [-0.25, -0.2) is 0 Å². The molecular weight excluding hydrogens is 412 g/mol. The van der Waals surface area contributed by atoms with Crippen LogP contribution >= 0.6 is 0 Å². The first-order valence-electron chi connectivity index (χ1n) is 11.0. The third-order valence-corrected chi connectivity index (χ3v) is 5.94. The molecule has 1 N–H and O–H groups in total. The van der Waals surface area contributed by atoms with E-state index in [4.69, 9.17) is 4.74 Å². The standard InChI is InChI=1S/C28H28N2O3/c1-18-6-11-22(12-7-18)25-26(29-24-17-19(2)5-8-20(24)3)28(32)30(27(25)31)16-15-21-9-13-23(33-4)14-10-21/h5-14,17,29H,15-16H2,1-4H3. The Kier molecular flexibility index (Phi) is 6.31. The molecule has 0 aliphatic carbocycles. The summed E-state index contributed by atoms with van der Waals surface area (Å²) >= 11 is 0. The van der Waals surface area contributed by atoms with Crippen molar-refractivity contribution in [2.45, 2.75) is 27.2 Å². The maximum absolute atomic E-state index is 13.5. The smallest absolute Gasteiger partial charge is 0.278 e. The second-order valence-electron chi connectivity index (χ2n) is 8.42. The summed E-state index contributed by atoms with van der Waals surface area (Å²) in [6.07, 6.45) is 0.569. The number of anilines is 1. The number of nitrogens with one attached hydrogen (secondary N) is 1. The molecule has 0 radical (unpaired) electrons. The van der Waals surface area contributed by atoms with Gasteiger partial charge in [-0.3, -0.25) is 14.5 Å². The van der Waals surface area contributed by atoms with Crippen molar-refractivity contribution in [3.8, 4) is 5.75 Å². The van der Waals surface area contributed by atoms with Gasteiger partial charge in [0.1, 0.15) is 11.4 Å². The van der Waals surface area contributed by atoms with Crippen LogP contribution in [0.4, 0.5) is 5.69 Å². The highest BCUT2D eigenvalue weighted by Crippen LogP contribution is 2.32. The number of imide groups is 1. The van der Waals surface area contributed by atoms with Crippen molar-refractivity contribution in [1.29, 1.82) is 0 Å². The number of carbonyl (C=O) groups is 2. The predicted molar refractivity (Wildman–Crippen MR) is 131 cm³/mol. The fourth-order valence-electron chi connectivity index (χ4n) is 3.92. The number of benzene rings is 3. The normalized spacial score (nSPS) is 13.6. The molecule has 1 aliphatic heterocycles. The first-order chi connectivity index (χ1) is 15.9. The molecule has 0 bridgehead atoms. The van der Waals surface area contributed by atoms with E-state index in [1.54, 1.807) is 7.11 Å². The van der Waals surface area contributed by atoms with Gasteiger partial charge in [0, 0.05) is 12.2 Å². The highest BCUT2D eigenvalue weighted by Gasteiger charge is 2.39. The number of ether oxygens (including phenoxy) is 1. The Morgan fingerprint density at radius 3 is 2.15 bits per heavy atom. The Morgan fingerprint density at radius 2 is 1.48 bits per heavy atom. The van der Waals surface area contributed by atoms with Crippen molar-refractivity contribution >= 4 is 23.1 Å². The van der Waals surface area contributed by atoms with E-state index in [9.17, 15) is 9.59 Å². The zero-order valence-corrected chi connectivity index (χ0v) is 19.4. The maximum atomic E-state index is 13.5. The van der Waals surface area contributed by atoms with E-state index in [0.29, 0.717) is 24.2 Å². The van der Waals surface area contributed by atoms with E-state index in [0.717, 1.165) is 39.3 Å². The number of amides is 2. The number of hydrogen-bond acceptors (Lipinski definition) is 4. The zero-order chi connectivity index (χ0) is 23.5. The van der Waals surface area contributed by atoms with E-state index in [1.807, 2.05) is 87.5 Å². The Hall–Kier alpha value is -3.86. The van der Waals surface area contributed by atoms with Crippen LogP contribution < -0.4 is 10.1 Å². The van der Waals surface area contributed by atoms with E-state index in [2.05, 4.69) is 5.32 Å². The van der Waals surface area contributed by atoms with Crippen molar-refractivity contribution in [2.24, 2.45) is 0 Å². The Morgan fingerprint density at radius 1 is 0.818 bits per heavy atom. The first kappa shape index (κ1) is 22.3. The van der Waals surface area contributed by atoms with Crippen LogP contribution in [-0.2, 0) is 16.0 Å². The first-order valence-corrected chi connectivity index (χ1v) is 11.0. The van der Waals surface area contributed by atoms with Gasteiger partial charge in [0.15, 0.2) is 0 Å². The summed E-state index contributed by atoms with van der Waals surface area (Å²) in [6, 6.07) is 21.4. The minimum atomic E-state index is -0.301. The lowest BCUT2D eigenvalue weighted by molar-refractivity contribution is -0.136. The van der Waals surface area contributed by atoms with Gasteiger partial charge in [0.25, 0.3) is 11.8 Å². The van der Waals surface area contributed by atoms with E-state index >= 15 is 0 Å². The van der Waals surface area contributed by atoms with Crippen LogP contribution in [0.25, 0.3) is 5.57 Å². The summed E-state index contributed by atoms with van der Waals surface area (Å²) in [5.41, 5.74) is 6.51. The SMILES string of the molecule is COc1ccc(CCN2C(=O)C(Nc3cc(C)ccc3C)=C(c3ccc(C)cc3)C2=O)cc1. The van der Waals surface area contributed by atoms with Crippen LogP contribution in [0.15, 0.2) is 72.4 Å². The fraction of sp³-hybridized carbons (Fsp3) is 0.214. The molecule has 0 spiro atoms. The topological polar surface area (TPSA) is 58.6 Å². The summed E-state index contributed by atoms with van der Waals surface area (Å²) < 4.78 is 5.21. The molecular formula is C28H28N2O3. The predicted octanol–water partition coefficient (Wildman–Crippen LogP) is 5.06. The molecule has 0 saturated carbocycles. The molecule has 0 aromatic heterocycles. The maximum Gasteiger partial charge on any atom is 0.278 e. The number of rotatable bonds is 7. The lowest BCUT2D eigenvalue weighted by atomic mass is 10.0. The van der Waals surface area contributed by atoms with Gasteiger partial charge in [-0.1, -0.05) is 54.1 Å². The summed E-state index contributed by atoms with van der Waals surface area (Å²) in [4.78, 5) is 28.3. The van der Waals surface area contributed by atoms with Gasteiger partial charge in [-0.05, 0) is 67.6 Å². The number of hydrogen-bond donors (Lipinski definition) is 1. The minimum absolute atomic E-state index is 0.273. The third-order valence-electron chi connectivity index (χ3n) is 5.94. The van der Waals surface area contributed by atoms with Crippen molar-refractivity contribution in [1.82, 2.24) is 4.90 Å². The van der Waals surface area contributed by atoms with Crippen molar-refractivity contribution in [3.05, 3.63) is 100 Å². The van der Waals surface area contributed by atoms with Crippen molar-refractivity contribution in [2.75, 3.05) is 19.0 Å². The molecule has 2 amide bonds. The second kappa shape index (κ2) is 9.33. The summed E-state index contributed by atoms with van der Waals surface area (Å²) in [6.45, 7) is 6.28. The van der Waals surface area contributed by atoms with Crippen LogP contribution in [0.2, 0.25) is 0 Å². The molecule has 4 rings (SSSR count). The molecule has 0 fully saturated rings. The number of methoxy groups -OCH3 is 1. The molecule has 1 aliphatic rings. The Bertz CT molecular complexity index is 1230. The minimum Gasteiger partial charge on any atom is -0.497 e. The molecule has 5 nitrogen and oxygen atoms in total. The summed E-state index contributed by atoms with van der Waals surface area (Å²) in [7, 11) is 1.62. The van der Waals surface area contributed by atoms with Crippen LogP contribution in [-0.4, -0.2) is 30.4 Å². The quantitative estimate of drug-likeness (QED) is 0.522. The molecule has 0 atom stereocenters. The van der Waals surface area contributed by atoms with Crippen LogP contribution in [0.5, 0.6) is 5.75 Å². The zero-order valence-electron chi connectivity index (χ0n) is 19.4. The largest absolute Gasteiger partial charge is 0.497 e. The molecule has 168 valence electrons. The monoisotopic (exact) mass is 440 g/mol. The Labute approximate surface area is 194 Å². The highest BCUT2D eigenvalue weighted by molar-refractivity contribution is 6.36. The third kappa shape index (κ3) is 4.67. The lowest BCUT2D eigenvalue weighted by Crippen LogP contribution is -2.34. The Balaban J connectivity index is 1.66. The molecule has 1 heterocycles. The van der Waals surface area contributed by atoms with E-state index < -0.39 is 0 Å². The van der Waals surface area contributed by atoms with Gasteiger partial charge >= 0.3 is 0 Å². The average molecular weight is 441 g/mol. The van der Waals surface area contributed by atoms with Crippen LogP contribution in [0, 0.1) is 20.8 Å². The van der Waals surface area contributed by atoms with Gasteiger partial charge in [0.2, 0.25) is 0 Å². The van der Waals surface area contributed by atoms with Gasteiger partial charge in [-0.2, -0.15) is 0 Å². The lowest BCUT2D eigenvalue weighted by Gasteiger charge is -2.16.